The summed E-state index contributed by atoms with van der Waals surface area (Å²) in [7, 11) is 6.07. The van der Waals surface area contributed by atoms with Crippen LogP contribution in [0.2, 0.25) is 0 Å². The van der Waals surface area contributed by atoms with E-state index in [9.17, 15) is 0 Å². The second kappa shape index (κ2) is 7.19. The third kappa shape index (κ3) is 3.80. The number of anilines is 2. The van der Waals surface area contributed by atoms with Gasteiger partial charge in [-0.3, -0.25) is 4.90 Å². The van der Waals surface area contributed by atoms with E-state index in [-0.39, 0.29) is 0 Å². The number of hydrogen-bond donors (Lipinski definition) is 0. The zero-order chi connectivity index (χ0) is 18.1. The predicted molar refractivity (Wildman–Crippen MR) is 99.3 cm³/mol. The number of likely N-dealkylation sites (tertiary alicyclic amines) is 1. The average Bonchev–Trinajstić information content (AvgIpc) is 3.41. The highest BCUT2D eigenvalue weighted by molar-refractivity contribution is 5.42. The summed E-state index contributed by atoms with van der Waals surface area (Å²) in [6.07, 6.45) is 6.48. The Labute approximate surface area is 154 Å². The number of piperidine rings is 1. The van der Waals surface area contributed by atoms with Crippen molar-refractivity contribution >= 4 is 11.8 Å². The molecule has 0 aromatic carbocycles. The van der Waals surface area contributed by atoms with Crippen LogP contribution in [0, 0.1) is 0 Å². The van der Waals surface area contributed by atoms with Gasteiger partial charge < -0.3 is 14.2 Å². The second-order valence-electron chi connectivity index (χ2n) is 7.56. The van der Waals surface area contributed by atoms with Gasteiger partial charge in [-0.15, -0.1) is 10.2 Å². The molecule has 1 saturated heterocycles. The van der Waals surface area contributed by atoms with E-state index < -0.39 is 0 Å². The van der Waals surface area contributed by atoms with Gasteiger partial charge in [0, 0.05) is 45.8 Å². The van der Waals surface area contributed by atoms with Gasteiger partial charge in [0.1, 0.15) is 5.82 Å². The Morgan fingerprint density at radius 2 is 2.04 bits per heavy atom. The lowest BCUT2D eigenvalue weighted by molar-refractivity contribution is 0.181. The largest absolute Gasteiger partial charge is 0.424 e. The summed E-state index contributed by atoms with van der Waals surface area (Å²) in [6.45, 7) is 2.74. The zero-order valence-electron chi connectivity index (χ0n) is 15.8. The molecule has 140 valence electrons. The first kappa shape index (κ1) is 17.2. The Kier molecular flexibility index (Phi) is 4.76. The first-order valence-electron chi connectivity index (χ1n) is 9.38. The van der Waals surface area contributed by atoms with Gasteiger partial charge in [-0.05, 0) is 38.3 Å². The van der Waals surface area contributed by atoms with Crippen molar-refractivity contribution in [3.63, 3.8) is 0 Å². The molecule has 0 amide bonds. The van der Waals surface area contributed by atoms with Gasteiger partial charge >= 0.3 is 0 Å². The molecule has 2 aliphatic rings. The zero-order valence-corrected chi connectivity index (χ0v) is 15.8. The van der Waals surface area contributed by atoms with Gasteiger partial charge in [0.2, 0.25) is 17.7 Å². The first-order chi connectivity index (χ1) is 12.6. The molecule has 0 N–H and O–H groups in total. The van der Waals surface area contributed by atoms with E-state index in [1.807, 2.05) is 31.3 Å². The highest BCUT2D eigenvalue weighted by Crippen LogP contribution is 2.39. The lowest BCUT2D eigenvalue weighted by Gasteiger charge is -2.37. The van der Waals surface area contributed by atoms with Crippen molar-refractivity contribution in [1.82, 2.24) is 25.1 Å². The Hall–Kier alpha value is -2.22. The van der Waals surface area contributed by atoms with Crippen LogP contribution in [-0.4, -0.2) is 65.3 Å². The summed E-state index contributed by atoms with van der Waals surface area (Å²) in [5, 5.41) is 8.42. The second-order valence-corrected chi connectivity index (χ2v) is 7.56. The SMILES string of the molecule is CN(C)c1ccnc(N(C)C2CCCN(Cc3nnc(C4CC4)o3)C2)n1. The number of hydrogen-bond acceptors (Lipinski definition) is 8. The van der Waals surface area contributed by atoms with Gasteiger partial charge in [0.05, 0.1) is 6.54 Å². The van der Waals surface area contributed by atoms with E-state index in [0.717, 1.165) is 56.0 Å². The van der Waals surface area contributed by atoms with Crippen molar-refractivity contribution in [2.75, 3.05) is 44.0 Å². The average molecular weight is 357 g/mol. The molecule has 1 aliphatic heterocycles. The third-order valence-corrected chi connectivity index (χ3v) is 5.20. The van der Waals surface area contributed by atoms with Crippen molar-refractivity contribution in [2.24, 2.45) is 0 Å². The van der Waals surface area contributed by atoms with Crippen LogP contribution in [0.15, 0.2) is 16.7 Å². The van der Waals surface area contributed by atoms with Crippen LogP contribution in [0.3, 0.4) is 0 Å². The minimum absolute atomic E-state index is 0.381. The van der Waals surface area contributed by atoms with Gasteiger partial charge in [-0.25, -0.2) is 4.98 Å². The molecule has 4 rings (SSSR count). The third-order valence-electron chi connectivity index (χ3n) is 5.20. The minimum Gasteiger partial charge on any atom is -0.424 e. The Balaban J connectivity index is 1.39. The maximum atomic E-state index is 5.83. The molecule has 26 heavy (non-hydrogen) atoms. The molecule has 1 saturated carbocycles. The lowest BCUT2D eigenvalue weighted by Crippen LogP contribution is -2.46. The fourth-order valence-corrected chi connectivity index (χ4v) is 3.43. The molecule has 3 heterocycles. The Bertz CT molecular complexity index is 743. The maximum Gasteiger partial charge on any atom is 0.230 e. The Morgan fingerprint density at radius 1 is 1.19 bits per heavy atom. The van der Waals surface area contributed by atoms with E-state index in [1.165, 1.54) is 12.8 Å². The fraction of sp³-hybridized carbons (Fsp3) is 0.667. The summed E-state index contributed by atoms with van der Waals surface area (Å²) in [5.41, 5.74) is 0. The molecule has 2 aromatic heterocycles. The molecular formula is C18H27N7O. The molecular weight excluding hydrogens is 330 g/mol. The van der Waals surface area contributed by atoms with Crippen LogP contribution < -0.4 is 9.80 Å². The highest BCUT2D eigenvalue weighted by atomic mass is 16.4. The Morgan fingerprint density at radius 3 is 2.81 bits per heavy atom. The first-order valence-corrected chi connectivity index (χ1v) is 9.38. The molecule has 0 radical (unpaired) electrons. The maximum absolute atomic E-state index is 5.83. The van der Waals surface area contributed by atoms with Gasteiger partial charge in [-0.2, -0.15) is 4.98 Å². The van der Waals surface area contributed by atoms with Crippen LogP contribution in [-0.2, 0) is 6.54 Å². The summed E-state index contributed by atoms with van der Waals surface area (Å²) < 4.78 is 5.83. The van der Waals surface area contributed by atoms with Gasteiger partial charge in [-0.1, -0.05) is 0 Å². The highest BCUT2D eigenvalue weighted by Gasteiger charge is 2.30. The molecule has 8 nitrogen and oxygen atoms in total. The molecule has 1 unspecified atom stereocenters. The smallest absolute Gasteiger partial charge is 0.230 e. The molecule has 0 spiro atoms. The van der Waals surface area contributed by atoms with Crippen LogP contribution >= 0.6 is 0 Å². The van der Waals surface area contributed by atoms with Crippen LogP contribution in [0.25, 0.3) is 0 Å². The summed E-state index contributed by atoms with van der Waals surface area (Å²) in [4.78, 5) is 15.7. The van der Waals surface area contributed by atoms with Crippen molar-refractivity contribution in [3.8, 4) is 0 Å². The van der Waals surface area contributed by atoms with Crippen molar-refractivity contribution in [1.29, 1.82) is 0 Å². The van der Waals surface area contributed by atoms with Crippen molar-refractivity contribution in [3.05, 3.63) is 24.0 Å². The van der Waals surface area contributed by atoms with Crippen LogP contribution in [0.1, 0.15) is 43.4 Å². The number of aromatic nitrogens is 4. The molecule has 2 fully saturated rings. The summed E-state index contributed by atoms with van der Waals surface area (Å²) in [5.74, 6) is 3.77. The van der Waals surface area contributed by atoms with Gasteiger partial charge in [0.25, 0.3) is 0 Å². The van der Waals surface area contributed by atoms with E-state index >= 15 is 0 Å². The molecule has 1 atom stereocenters. The standard InChI is InChI=1S/C18H27N7O/c1-23(2)15-8-9-19-18(20-15)24(3)14-5-4-10-25(11-14)12-16-21-22-17(26-16)13-6-7-13/h8-9,13-14H,4-7,10-12H2,1-3H3. The molecule has 8 heteroatoms. The van der Waals surface area contributed by atoms with Crippen LogP contribution in [0.5, 0.6) is 0 Å². The number of rotatable bonds is 6. The van der Waals surface area contributed by atoms with Crippen LogP contribution in [0.4, 0.5) is 11.8 Å². The quantitative estimate of drug-likeness (QED) is 0.776. The summed E-state index contributed by atoms with van der Waals surface area (Å²) >= 11 is 0. The summed E-state index contributed by atoms with van der Waals surface area (Å²) in [6, 6.07) is 2.31. The van der Waals surface area contributed by atoms with Crippen molar-refractivity contribution < 1.29 is 4.42 Å². The topological polar surface area (TPSA) is 74.4 Å². The van der Waals surface area contributed by atoms with E-state index in [1.54, 1.807) is 0 Å². The molecule has 1 aliphatic carbocycles. The lowest BCUT2D eigenvalue weighted by atomic mass is 10.0. The monoisotopic (exact) mass is 357 g/mol. The molecule has 0 bridgehead atoms. The molecule has 2 aromatic rings. The van der Waals surface area contributed by atoms with E-state index in [0.29, 0.717) is 12.0 Å². The van der Waals surface area contributed by atoms with E-state index in [4.69, 9.17) is 4.42 Å². The number of likely N-dealkylation sites (N-methyl/N-ethyl adjacent to an activating group) is 1. The minimum atomic E-state index is 0.381. The fourth-order valence-electron chi connectivity index (χ4n) is 3.43. The predicted octanol–water partition coefficient (Wildman–Crippen LogP) is 1.90. The normalized spacial score (nSPS) is 21.0. The number of nitrogens with zero attached hydrogens (tertiary/aromatic N) is 7. The van der Waals surface area contributed by atoms with Gasteiger partial charge in [0.15, 0.2) is 0 Å². The van der Waals surface area contributed by atoms with E-state index in [2.05, 4.69) is 37.0 Å². The van der Waals surface area contributed by atoms with Crippen molar-refractivity contribution in [2.45, 2.75) is 44.2 Å².